The predicted octanol–water partition coefficient (Wildman–Crippen LogP) is 7.41. The highest BCUT2D eigenvalue weighted by Gasteiger charge is 2.17. The van der Waals surface area contributed by atoms with Crippen molar-refractivity contribution in [1.82, 2.24) is 9.78 Å². The van der Waals surface area contributed by atoms with Gasteiger partial charge in [0, 0.05) is 32.3 Å². The van der Waals surface area contributed by atoms with E-state index < -0.39 is 0 Å². The van der Waals surface area contributed by atoms with Crippen molar-refractivity contribution in [3.8, 4) is 16.9 Å². The molecule has 8 heteroatoms. The standard InChI is InChI=1S/C22H13Cl4N3O/c23-15-6-4-13(5-7-15)19-12-21(27-22(30)14-2-1-3-16(24)10-14)29(28-19)20-11-17(25)8-9-18(20)26/h1-12H,(H,27,30). The monoisotopic (exact) mass is 475 g/mol. The Morgan fingerprint density at radius 2 is 1.50 bits per heavy atom. The van der Waals surface area contributed by atoms with Crippen molar-refractivity contribution < 1.29 is 4.79 Å². The molecule has 150 valence electrons. The van der Waals surface area contributed by atoms with E-state index in [-0.39, 0.29) is 5.91 Å². The summed E-state index contributed by atoms with van der Waals surface area (Å²) >= 11 is 24.6. The van der Waals surface area contributed by atoms with Crippen LogP contribution >= 0.6 is 46.4 Å². The number of nitrogens with one attached hydrogen (secondary N) is 1. The topological polar surface area (TPSA) is 46.9 Å². The quantitative estimate of drug-likeness (QED) is 0.333. The molecule has 30 heavy (non-hydrogen) atoms. The molecule has 0 fully saturated rings. The van der Waals surface area contributed by atoms with Crippen LogP contribution in [0.1, 0.15) is 10.4 Å². The van der Waals surface area contributed by atoms with Gasteiger partial charge in [-0.05, 0) is 48.5 Å². The molecule has 0 spiro atoms. The van der Waals surface area contributed by atoms with Crippen molar-refractivity contribution >= 4 is 58.1 Å². The van der Waals surface area contributed by atoms with E-state index in [9.17, 15) is 4.79 Å². The molecule has 0 aliphatic rings. The van der Waals surface area contributed by atoms with Crippen LogP contribution in [-0.4, -0.2) is 15.7 Å². The summed E-state index contributed by atoms with van der Waals surface area (Å²) in [7, 11) is 0. The molecule has 0 unspecified atom stereocenters. The molecule has 1 heterocycles. The Morgan fingerprint density at radius 1 is 0.800 bits per heavy atom. The SMILES string of the molecule is O=C(Nc1cc(-c2ccc(Cl)cc2)nn1-c1cc(Cl)ccc1Cl)c1cccc(Cl)c1. The number of hydrogen-bond acceptors (Lipinski definition) is 2. The van der Waals surface area contributed by atoms with Gasteiger partial charge in [0.1, 0.15) is 5.82 Å². The van der Waals surface area contributed by atoms with Gasteiger partial charge in [-0.2, -0.15) is 5.10 Å². The number of carbonyl (C=O) groups excluding carboxylic acids is 1. The van der Waals surface area contributed by atoms with Crippen LogP contribution in [0.15, 0.2) is 72.8 Å². The zero-order chi connectivity index (χ0) is 21.3. The molecule has 0 bridgehead atoms. The average molecular weight is 477 g/mol. The molecule has 3 aromatic carbocycles. The highest BCUT2D eigenvalue weighted by Crippen LogP contribution is 2.31. The Bertz CT molecular complexity index is 1240. The minimum atomic E-state index is -0.334. The summed E-state index contributed by atoms with van der Waals surface area (Å²) in [6.07, 6.45) is 0. The molecule has 1 N–H and O–H groups in total. The summed E-state index contributed by atoms with van der Waals surface area (Å²) in [5.41, 5.74) is 2.41. The number of anilines is 1. The molecule has 0 aliphatic heterocycles. The second-order valence-electron chi connectivity index (χ2n) is 6.39. The van der Waals surface area contributed by atoms with E-state index in [2.05, 4.69) is 10.4 Å². The third-order valence-corrected chi connectivity index (χ3v) is 5.36. The van der Waals surface area contributed by atoms with Crippen molar-refractivity contribution in [1.29, 1.82) is 0 Å². The fourth-order valence-electron chi connectivity index (χ4n) is 2.88. The van der Waals surface area contributed by atoms with E-state index in [0.29, 0.717) is 42.9 Å². The van der Waals surface area contributed by atoms with Gasteiger partial charge in [0.15, 0.2) is 0 Å². The fraction of sp³-hybridized carbons (Fsp3) is 0. The third kappa shape index (κ3) is 4.47. The maximum atomic E-state index is 12.8. The predicted molar refractivity (Wildman–Crippen MR) is 123 cm³/mol. The lowest BCUT2D eigenvalue weighted by Gasteiger charge is -2.11. The molecule has 0 saturated carbocycles. The first-order chi connectivity index (χ1) is 14.4. The lowest BCUT2D eigenvalue weighted by molar-refractivity contribution is 0.102. The van der Waals surface area contributed by atoms with Gasteiger partial charge in [0.2, 0.25) is 0 Å². The maximum absolute atomic E-state index is 12.8. The highest BCUT2D eigenvalue weighted by molar-refractivity contribution is 6.34. The molecule has 0 aliphatic carbocycles. The third-order valence-electron chi connectivity index (χ3n) is 4.31. The fourth-order valence-corrected chi connectivity index (χ4v) is 3.56. The number of nitrogens with zero attached hydrogens (tertiary/aromatic N) is 2. The lowest BCUT2D eigenvalue weighted by Crippen LogP contribution is -2.15. The van der Waals surface area contributed by atoms with Crippen LogP contribution in [0.5, 0.6) is 0 Å². The lowest BCUT2D eigenvalue weighted by atomic mass is 10.1. The molecule has 0 saturated heterocycles. The Balaban J connectivity index is 1.80. The van der Waals surface area contributed by atoms with E-state index in [1.54, 1.807) is 65.3 Å². The van der Waals surface area contributed by atoms with E-state index in [1.165, 1.54) is 0 Å². The Hall–Kier alpha value is -2.50. The van der Waals surface area contributed by atoms with Crippen LogP contribution in [0, 0.1) is 0 Å². The summed E-state index contributed by atoms with van der Waals surface area (Å²) in [5.74, 6) is 0.0912. The Labute approximate surface area is 192 Å². The van der Waals surface area contributed by atoms with Crippen LogP contribution in [0.3, 0.4) is 0 Å². The first-order valence-corrected chi connectivity index (χ1v) is 10.3. The number of benzene rings is 3. The largest absolute Gasteiger partial charge is 0.306 e. The van der Waals surface area contributed by atoms with Gasteiger partial charge < -0.3 is 5.32 Å². The van der Waals surface area contributed by atoms with E-state index in [1.807, 2.05) is 12.1 Å². The van der Waals surface area contributed by atoms with Crippen LogP contribution in [0.4, 0.5) is 5.82 Å². The number of carbonyl (C=O) groups is 1. The van der Waals surface area contributed by atoms with Crippen molar-refractivity contribution in [2.24, 2.45) is 0 Å². The van der Waals surface area contributed by atoms with Crippen LogP contribution < -0.4 is 5.32 Å². The van der Waals surface area contributed by atoms with Crippen LogP contribution in [-0.2, 0) is 0 Å². The minimum Gasteiger partial charge on any atom is -0.306 e. The first-order valence-electron chi connectivity index (χ1n) is 8.79. The number of aromatic nitrogens is 2. The van der Waals surface area contributed by atoms with Crippen molar-refractivity contribution in [3.63, 3.8) is 0 Å². The van der Waals surface area contributed by atoms with Gasteiger partial charge in [-0.25, -0.2) is 4.68 Å². The molecule has 4 nitrogen and oxygen atoms in total. The van der Waals surface area contributed by atoms with E-state index in [0.717, 1.165) is 5.56 Å². The Kier molecular flexibility index (Phi) is 6.02. The summed E-state index contributed by atoms with van der Waals surface area (Å²) in [4.78, 5) is 12.8. The van der Waals surface area contributed by atoms with Gasteiger partial charge in [0.25, 0.3) is 5.91 Å². The van der Waals surface area contributed by atoms with Crippen molar-refractivity contribution in [3.05, 3.63) is 98.5 Å². The second kappa shape index (κ2) is 8.70. The molecule has 1 amide bonds. The van der Waals surface area contributed by atoms with Crippen LogP contribution in [0.25, 0.3) is 16.9 Å². The first kappa shape index (κ1) is 20.8. The normalized spacial score (nSPS) is 10.8. The van der Waals surface area contributed by atoms with Crippen LogP contribution in [0.2, 0.25) is 20.1 Å². The molecule has 0 atom stereocenters. The molecule has 4 rings (SSSR count). The minimum absolute atomic E-state index is 0.334. The highest BCUT2D eigenvalue weighted by atomic mass is 35.5. The summed E-state index contributed by atoms with van der Waals surface area (Å²) in [6, 6.07) is 20.7. The molecule has 4 aromatic rings. The van der Waals surface area contributed by atoms with Gasteiger partial charge in [-0.3, -0.25) is 4.79 Å². The molecular formula is C22H13Cl4N3O. The summed E-state index contributed by atoms with van der Waals surface area (Å²) in [5, 5.41) is 9.52. The van der Waals surface area contributed by atoms with E-state index in [4.69, 9.17) is 46.4 Å². The molecule has 0 radical (unpaired) electrons. The average Bonchev–Trinajstić information content (AvgIpc) is 3.13. The van der Waals surface area contributed by atoms with E-state index >= 15 is 0 Å². The van der Waals surface area contributed by atoms with Gasteiger partial charge >= 0.3 is 0 Å². The Morgan fingerprint density at radius 3 is 2.23 bits per heavy atom. The van der Waals surface area contributed by atoms with Crippen molar-refractivity contribution in [2.75, 3.05) is 5.32 Å². The molecule has 1 aromatic heterocycles. The number of halogens is 4. The zero-order valence-corrected chi connectivity index (χ0v) is 18.3. The number of hydrogen-bond donors (Lipinski definition) is 1. The maximum Gasteiger partial charge on any atom is 0.256 e. The van der Waals surface area contributed by atoms with Gasteiger partial charge in [-0.1, -0.05) is 64.6 Å². The van der Waals surface area contributed by atoms with Crippen molar-refractivity contribution in [2.45, 2.75) is 0 Å². The van der Waals surface area contributed by atoms with Gasteiger partial charge in [-0.15, -0.1) is 0 Å². The smallest absolute Gasteiger partial charge is 0.256 e. The summed E-state index contributed by atoms with van der Waals surface area (Å²) < 4.78 is 1.54. The van der Waals surface area contributed by atoms with Gasteiger partial charge in [0.05, 0.1) is 16.4 Å². The second-order valence-corrected chi connectivity index (χ2v) is 8.11. The number of amides is 1. The summed E-state index contributed by atoms with van der Waals surface area (Å²) in [6.45, 7) is 0. The zero-order valence-electron chi connectivity index (χ0n) is 15.2. The molecular weight excluding hydrogens is 464 g/mol. The number of rotatable bonds is 4.